The highest BCUT2D eigenvalue weighted by Gasteiger charge is 2.22. The SMILES string of the molecule is COC1CCN(CC(C)CS)C1. The van der Waals surface area contributed by atoms with Gasteiger partial charge in [-0.3, -0.25) is 0 Å². The Balaban J connectivity index is 2.18. The summed E-state index contributed by atoms with van der Waals surface area (Å²) in [6, 6.07) is 0. The maximum absolute atomic E-state index is 5.30. The Labute approximate surface area is 80.7 Å². The molecule has 0 radical (unpaired) electrons. The van der Waals surface area contributed by atoms with E-state index in [1.54, 1.807) is 7.11 Å². The zero-order valence-corrected chi connectivity index (χ0v) is 8.89. The minimum atomic E-state index is 0.470. The van der Waals surface area contributed by atoms with Gasteiger partial charge in [-0.2, -0.15) is 12.6 Å². The van der Waals surface area contributed by atoms with Gasteiger partial charge in [-0.25, -0.2) is 0 Å². The summed E-state index contributed by atoms with van der Waals surface area (Å²) in [7, 11) is 1.80. The second kappa shape index (κ2) is 5.10. The molecule has 2 unspecified atom stereocenters. The first-order valence-corrected chi connectivity index (χ1v) is 5.25. The van der Waals surface area contributed by atoms with Crippen LogP contribution in [0.25, 0.3) is 0 Å². The Hall–Kier alpha value is 0.270. The molecule has 72 valence electrons. The monoisotopic (exact) mass is 189 g/mol. The Kier molecular flexibility index (Phi) is 4.40. The van der Waals surface area contributed by atoms with E-state index < -0.39 is 0 Å². The molecule has 1 fully saturated rings. The molecule has 1 heterocycles. The summed E-state index contributed by atoms with van der Waals surface area (Å²) in [5.74, 6) is 1.68. The zero-order chi connectivity index (χ0) is 8.97. The van der Waals surface area contributed by atoms with Crippen molar-refractivity contribution in [1.82, 2.24) is 4.90 Å². The van der Waals surface area contributed by atoms with E-state index >= 15 is 0 Å². The van der Waals surface area contributed by atoms with Crippen LogP contribution in [0.5, 0.6) is 0 Å². The van der Waals surface area contributed by atoms with E-state index in [1.807, 2.05) is 0 Å². The van der Waals surface area contributed by atoms with Crippen LogP contribution in [0.4, 0.5) is 0 Å². The molecule has 3 heteroatoms. The van der Waals surface area contributed by atoms with Gasteiger partial charge >= 0.3 is 0 Å². The summed E-state index contributed by atoms with van der Waals surface area (Å²) in [6.45, 7) is 5.71. The van der Waals surface area contributed by atoms with Gasteiger partial charge in [0.1, 0.15) is 0 Å². The lowest BCUT2D eigenvalue weighted by Gasteiger charge is -2.18. The fraction of sp³-hybridized carbons (Fsp3) is 1.00. The summed E-state index contributed by atoms with van der Waals surface area (Å²) in [5.41, 5.74) is 0. The minimum Gasteiger partial charge on any atom is -0.380 e. The van der Waals surface area contributed by atoms with Crippen molar-refractivity contribution in [3.8, 4) is 0 Å². The average Bonchev–Trinajstić information content (AvgIpc) is 2.52. The number of ether oxygens (including phenoxy) is 1. The Morgan fingerprint density at radius 3 is 2.92 bits per heavy atom. The van der Waals surface area contributed by atoms with Gasteiger partial charge in [-0.05, 0) is 18.1 Å². The normalized spacial score (nSPS) is 27.8. The molecule has 2 nitrogen and oxygen atoms in total. The highest BCUT2D eigenvalue weighted by Crippen LogP contribution is 2.13. The van der Waals surface area contributed by atoms with Crippen LogP contribution in [-0.2, 0) is 4.74 Å². The largest absolute Gasteiger partial charge is 0.380 e. The van der Waals surface area contributed by atoms with E-state index in [2.05, 4.69) is 24.5 Å². The van der Waals surface area contributed by atoms with E-state index in [0.717, 1.165) is 12.3 Å². The lowest BCUT2D eigenvalue weighted by molar-refractivity contribution is 0.106. The molecular weight excluding hydrogens is 170 g/mol. The van der Waals surface area contributed by atoms with E-state index in [0.29, 0.717) is 12.0 Å². The molecule has 0 bridgehead atoms. The maximum atomic E-state index is 5.30. The molecule has 1 aliphatic rings. The number of rotatable bonds is 4. The average molecular weight is 189 g/mol. The van der Waals surface area contributed by atoms with Crippen molar-refractivity contribution in [2.24, 2.45) is 5.92 Å². The third-order valence-corrected chi connectivity index (χ3v) is 3.07. The van der Waals surface area contributed by atoms with Crippen LogP contribution in [-0.4, -0.2) is 43.5 Å². The zero-order valence-electron chi connectivity index (χ0n) is 7.99. The standard InChI is InChI=1S/C9H19NOS/c1-8(7-12)5-10-4-3-9(6-10)11-2/h8-9,12H,3-7H2,1-2H3. The third-order valence-electron chi connectivity index (χ3n) is 2.44. The highest BCUT2D eigenvalue weighted by molar-refractivity contribution is 7.80. The molecule has 12 heavy (non-hydrogen) atoms. The fourth-order valence-electron chi connectivity index (χ4n) is 1.65. The summed E-state index contributed by atoms with van der Waals surface area (Å²) in [6.07, 6.45) is 1.66. The van der Waals surface area contributed by atoms with E-state index in [1.165, 1.54) is 19.5 Å². The molecule has 0 aromatic heterocycles. The highest BCUT2D eigenvalue weighted by atomic mass is 32.1. The van der Waals surface area contributed by atoms with E-state index in [9.17, 15) is 0 Å². The lowest BCUT2D eigenvalue weighted by Crippen LogP contribution is -2.28. The number of hydrogen-bond acceptors (Lipinski definition) is 3. The number of likely N-dealkylation sites (tertiary alicyclic amines) is 1. The minimum absolute atomic E-state index is 0.470. The van der Waals surface area contributed by atoms with Crippen LogP contribution < -0.4 is 0 Å². The molecular formula is C9H19NOS. The van der Waals surface area contributed by atoms with Gasteiger partial charge in [0.2, 0.25) is 0 Å². The van der Waals surface area contributed by atoms with Gasteiger partial charge in [0, 0.05) is 26.7 Å². The summed E-state index contributed by atoms with van der Waals surface area (Å²) in [4.78, 5) is 2.47. The fourth-order valence-corrected chi connectivity index (χ4v) is 1.77. The van der Waals surface area contributed by atoms with Gasteiger partial charge < -0.3 is 9.64 Å². The molecule has 0 aromatic carbocycles. The lowest BCUT2D eigenvalue weighted by atomic mass is 10.2. The van der Waals surface area contributed by atoms with Crippen LogP contribution in [0.1, 0.15) is 13.3 Å². The van der Waals surface area contributed by atoms with Crippen LogP contribution in [0.2, 0.25) is 0 Å². The van der Waals surface area contributed by atoms with Crippen molar-refractivity contribution in [3.63, 3.8) is 0 Å². The van der Waals surface area contributed by atoms with Gasteiger partial charge in [0.25, 0.3) is 0 Å². The van der Waals surface area contributed by atoms with E-state index in [-0.39, 0.29) is 0 Å². The van der Waals surface area contributed by atoms with Gasteiger partial charge in [-0.1, -0.05) is 6.92 Å². The van der Waals surface area contributed by atoms with Crippen molar-refractivity contribution in [2.75, 3.05) is 32.5 Å². The molecule has 0 saturated carbocycles. The van der Waals surface area contributed by atoms with Crippen LogP contribution in [0.15, 0.2) is 0 Å². The molecule has 1 saturated heterocycles. The molecule has 1 aliphatic heterocycles. The van der Waals surface area contributed by atoms with Crippen molar-refractivity contribution in [3.05, 3.63) is 0 Å². The molecule has 0 aromatic rings. The summed E-state index contributed by atoms with van der Waals surface area (Å²) < 4.78 is 5.30. The molecule has 0 spiro atoms. The first-order valence-electron chi connectivity index (χ1n) is 4.62. The second-order valence-electron chi connectivity index (χ2n) is 3.69. The maximum Gasteiger partial charge on any atom is 0.0710 e. The van der Waals surface area contributed by atoms with Crippen LogP contribution in [0.3, 0.4) is 0 Å². The predicted molar refractivity (Wildman–Crippen MR) is 54.9 cm³/mol. The summed E-state index contributed by atoms with van der Waals surface area (Å²) in [5, 5.41) is 0. The number of methoxy groups -OCH3 is 1. The quantitative estimate of drug-likeness (QED) is 0.669. The molecule has 0 N–H and O–H groups in total. The first kappa shape index (κ1) is 10.4. The van der Waals surface area contributed by atoms with Gasteiger partial charge in [0.15, 0.2) is 0 Å². The Morgan fingerprint density at radius 2 is 2.42 bits per heavy atom. The predicted octanol–water partition coefficient (Wildman–Crippen LogP) is 1.27. The second-order valence-corrected chi connectivity index (χ2v) is 4.06. The molecule has 1 rings (SSSR count). The van der Waals surface area contributed by atoms with Gasteiger partial charge in [0.05, 0.1) is 6.10 Å². The Morgan fingerprint density at radius 1 is 1.67 bits per heavy atom. The van der Waals surface area contributed by atoms with Crippen LogP contribution >= 0.6 is 12.6 Å². The van der Waals surface area contributed by atoms with Crippen molar-refractivity contribution in [1.29, 1.82) is 0 Å². The van der Waals surface area contributed by atoms with Crippen LogP contribution in [0, 0.1) is 5.92 Å². The number of thiol groups is 1. The number of nitrogens with zero attached hydrogens (tertiary/aromatic N) is 1. The molecule has 0 aliphatic carbocycles. The Bertz CT molecular complexity index is 132. The summed E-state index contributed by atoms with van der Waals surface area (Å²) >= 11 is 4.28. The smallest absolute Gasteiger partial charge is 0.0710 e. The molecule has 2 atom stereocenters. The van der Waals surface area contributed by atoms with Crippen molar-refractivity contribution in [2.45, 2.75) is 19.4 Å². The topological polar surface area (TPSA) is 12.5 Å². The molecule has 0 amide bonds. The van der Waals surface area contributed by atoms with Gasteiger partial charge in [-0.15, -0.1) is 0 Å². The first-order chi connectivity index (χ1) is 5.76. The van der Waals surface area contributed by atoms with Crippen molar-refractivity contribution >= 4 is 12.6 Å². The van der Waals surface area contributed by atoms with Crippen molar-refractivity contribution < 1.29 is 4.74 Å². The van der Waals surface area contributed by atoms with E-state index in [4.69, 9.17) is 4.74 Å². The third kappa shape index (κ3) is 2.96. The number of hydrogen-bond donors (Lipinski definition) is 1.